The number of nitrogens with one attached hydrogen (secondary N) is 1. The average molecular weight is 367 g/mol. The maximum absolute atomic E-state index is 12.3. The minimum atomic E-state index is -0.314. The third kappa shape index (κ3) is 5.20. The van der Waals surface area contributed by atoms with E-state index in [0.717, 1.165) is 11.1 Å². The fraction of sp³-hybridized carbons (Fsp3) is 0.250. The van der Waals surface area contributed by atoms with E-state index < -0.39 is 0 Å². The van der Waals surface area contributed by atoms with Crippen LogP contribution in [0.5, 0.6) is 0 Å². The lowest BCUT2D eigenvalue weighted by Gasteiger charge is -2.10. The van der Waals surface area contributed by atoms with Gasteiger partial charge in [-0.2, -0.15) is 0 Å². The molecule has 3 aromatic rings. The first-order valence-corrected chi connectivity index (χ1v) is 9.34. The van der Waals surface area contributed by atoms with Crippen LogP contribution in [0.25, 0.3) is 0 Å². The van der Waals surface area contributed by atoms with Crippen molar-refractivity contribution >= 4 is 17.7 Å². The molecule has 0 bridgehead atoms. The number of hydrogen-bond acceptors (Lipinski definition) is 5. The Morgan fingerprint density at radius 1 is 1.08 bits per heavy atom. The van der Waals surface area contributed by atoms with Gasteiger partial charge in [-0.1, -0.05) is 71.9 Å². The van der Waals surface area contributed by atoms with Crippen LogP contribution in [0.2, 0.25) is 0 Å². The maximum Gasteiger partial charge on any atom is 0.277 e. The zero-order valence-corrected chi connectivity index (χ0v) is 15.6. The molecule has 0 spiro atoms. The van der Waals surface area contributed by atoms with Crippen molar-refractivity contribution in [3.8, 4) is 0 Å². The lowest BCUT2D eigenvalue weighted by atomic mass is 10.1. The number of amides is 1. The molecule has 0 aliphatic heterocycles. The summed E-state index contributed by atoms with van der Waals surface area (Å²) in [6.07, 6.45) is 0.586. The second-order valence-electron chi connectivity index (χ2n) is 6.09. The van der Waals surface area contributed by atoms with Crippen LogP contribution >= 0.6 is 11.8 Å². The van der Waals surface area contributed by atoms with Crippen molar-refractivity contribution in [2.75, 3.05) is 0 Å². The van der Waals surface area contributed by atoms with Crippen molar-refractivity contribution in [1.82, 2.24) is 15.5 Å². The number of rotatable bonds is 7. The normalized spacial score (nSPS) is 11.9. The van der Waals surface area contributed by atoms with Crippen LogP contribution < -0.4 is 5.32 Å². The molecule has 0 aliphatic rings. The second kappa shape index (κ2) is 8.67. The SMILES string of the molecule is Cc1ccc(CNC(=O)[C@@H](C)Sc2nnc(Cc3ccccc3)o2)cc1. The van der Waals surface area contributed by atoms with E-state index in [1.807, 2.05) is 68.4 Å². The van der Waals surface area contributed by atoms with E-state index in [2.05, 4.69) is 15.5 Å². The van der Waals surface area contributed by atoms with Crippen molar-refractivity contribution in [2.45, 2.75) is 37.3 Å². The van der Waals surface area contributed by atoms with Crippen LogP contribution in [0.4, 0.5) is 0 Å². The molecule has 2 aromatic carbocycles. The first kappa shape index (κ1) is 18.2. The summed E-state index contributed by atoms with van der Waals surface area (Å²) >= 11 is 1.27. The summed E-state index contributed by atoms with van der Waals surface area (Å²) in [7, 11) is 0. The van der Waals surface area contributed by atoms with E-state index in [1.165, 1.54) is 17.3 Å². The van der Waals surface area contributed by atoms with Gasteiger partial charge in [0.05, 0.1) is 11.7 Å². The first-order chi connectivity index (χ1) is 12.6. The quantitative estimate of drug-likeness (QED) is 0.644. The van der Waals surface area contributed by atoms with E-state index in [-0.39, 0.29) is 11.2 Å². The Bertz CT molecular complexity index is 847. The molecule has 0 saturated carbocycles. The Labute approximate surface area is 157 Å². The average Bonchev–Trinajstić information content (AvgIpc) is 3.08. The van der Waals surface area contributed by atoms with Crippen LogP contribution in [0.1, 0.15) is 29.5 Å². The topological polar surface area (TPSA) is 68.0 Å². The molecule has 0 aliphatic carbocycles. The summed E-state index contributed by atoms with van der Waals surface area (Å²) in [5.41, 5.74) is 3.38. The maximum atomic E-state index is 12.3. The molecular weight excluding hydrogens is 346 g/mol. The molecule has 0 fully saturated rings. The predicted octanol–water partition coefficient (Wildman–Crippen LogP) is 3.77. The highest BCUT2D eigenvalue weighted by Crippen LogP contribution is 2.22. The van der Waals surface area contributed by atoms with Gasteiger partial charge >= 0.3 is 0 Å². The van der Waals surface area contributed by atoms with Crippen LogP contribution in [-0.2, 0) is 17.8 Å². The molecule has 0 saturated heterocycles. The number of benzene rings is 2. The minimum Gasteiger partial charge on any atom is -0.416 e. The second-order valence-corrected chi connectivity index (χ2v) is 7.38. The van der Waals surface area contributed by atoms with Gasteiger partial charge in [-0.25, -0.2) is 0 Å². The predicted molar refractivity (Wildman–Crippen MR) is 102 cm³/mol. The summed E-state index contributed by atoms with van der Waals surface area (Å²) in [5.74, 6) is 0.490. The number of carbonyl (C=O) groups excluding carboxylic acids is 1. The van der Waals surface area contributed by atoms with Crippen molar-refractivity contribution in [1.29, 1.82) is 0 Å². The highest BCUT2D eigenvalue weighted by molar-refractivity contribution is 8.00. The number of thioether (sulfide) groups is 1. The number of aromatic nitrogens is 2. The summed E-state index contributed by atoms with van der Waals surface area (Å²) < 4.78 is 5.65. The molecule has 134 valence electrons. The van der Waals surface area contributed by atoms with E-state index in [4.69, 9.17) is 4.42 Å². The largest absolute Gasteiger partial charge is 0.416 e. The molecule has 0 radical (unpaired) electrons. The van der Waals surface area contributed by atoms with Gasteiger partial charge in [0.25, 0.3) is 5.22 Å². The molecule has 0 unspecified atom stereocenters. The summed E-state index contributed by atoms with van der Waals surface area (Å²) in [6.45, 7) is 4.38. The Morgan fingerprint density at radius 3 is 2.54 bits per heavy atom. The molecule has 3 rings (SSSR count). The number of nitrogens with zero attached hydrogens (tertiary/aromatic N) is 2. The van der Waals surface area contributed by atoms with Crippen molar-refractivity contribution in [3.05, 3.63) is 77.2 Å². The third-order valence-corrected chi connectivity index (χ3v) is 4.81. The van der Waals surface area contributed by atoms with Gasteiger partial charge in [-0.3, -0.25) is 4.79 Å². The van der Waals surface area contributed by atoms with Crippen LogP contribution in [-0.4, -0.2) is 21.4 Å². The standard InChI is InChI=1S/C20H21N3O2S/c1-14-8-10-17(11-9-14)13-21-19(24)15(2)26-20-23-22-18(25-20)12-16-6-4-3-5-7-16/h3-11,15H,12-13H2,1-2H3,(H,21,24)/t15-/m1/s1. The van der Waals surface area contributed by atoms with Crippen molar-refractivity contribution in [3.63, 3.8) is 0 Å². The smallest absolute Gasteiger partial charge is 0.277 e. The molecule has 1 amide bonds. The Hall–Kier alpha value is -2.60. The van der Waals surface area contributed by atoms with Gasteiger partial charge in [-0.05, 0) is 25.0 Å². The zero-order valence-electron chi connectivity index (χ0n) is 14.8. The van der Waals surface area contributed by atoms with Gasteiger partial charge in [-0.15, -0.1) is 10.2 Å². The van der Waals surface area contributed by atoms with Gasteiger partial charge in [0.1, 0.15) is 0 Å². The monoisotopic (exact) mass is 367 g/mol. The lowest BCUT2D eigenvalue weighted by molar-refractivity contribution is -0.120. The van der Waals surface area contributed by atoms with Crippen LogP contribution in [0, 0.1) is 6.92 Å². The van der Waals surface area contributed by atoms with E-state index in [1.54, 1.807) is 0 Å². The van der Waals surface area contributed by atoms with Crippen molar-refractivity contribution < 1.29 is 9.21 Å². The minimum absolute atomic E-state index is 0.0571. The molecule has 1 N–H and O–H groups in total. The molecular formula is C20H21N3O2S. The van der Waals surface area contributed by atoms with E-state index >= 15 is 0 Å². The highest BCUT2D eigenvalue weighted by atomic mass is 32.2. The van der Waals surface area contributed by atoms with E-state index in [0.29, 0.717) is 24.1 Å². The summed E-state index contributed by atoms with van der Waals surface area (Å²) in [5, 5.41) is 11.1. The fourth-order valence-electron chi connectivity index (χ4n) is 2.37. The van der Waals surface area contributed by atoms with Gasteiger partial charge in [0.2, 0.25) is 11.8 Å². The fourth-order valence-corrected chi connectivity index (χ4v) is 3.10. The molecule has 6 heteroatoms. The number of aryl methyl sites for hydroxylation is 1. The van der Waals surface area contributed by atoms with Gasteiger partial charge in [0, 0.05) is 6.54 Å². The first-order valence-electron chi connectivity index (χ1n) is 8.46. The number of carbonyl (C=O) groups is 1. The molecule has 1 aromatic heterocycles. The summed E-state index contributed by atoms with van der Waals surface area (Å²) in [4.78, 5) is 12.3. The third-order valence-electron chi connectivity index (χ3n) is 3.88. The zero-order chi connectivity index (χ0) is 18.4. The van der Waals surface area contributed by atoms with Crippen molar-refractivity contribution in [2.24, 2.45) is 0 Å². The molecule has 5 nitrogen and oxygen atoms in total. The van der Waals surface area contributed by atoms with Gasteiger partial charge in [0.15, 0.2) is 0 Å². The Balaban J connectivity index is 1.50. The van der Waals surface area contributed by atoms with Crippen LogP contribution in [0.15, 0.2) is 64.2 Å². The molecule has 26 heavy (non-hydrogen) atoms. The molecule has 1 heterocycles. The Kier molecular flexibility index (Phi) is 6.07. The summed E-state index contributed by atoms with van der Waals surface area (Å²) in [6, 6.07) is 18.0. The highest BCUT2D eigenvalue weighted by Gasteiger charge is 2.18. The van der Waals surface area contributed by atoms with E-state index in [9.17, 15) is 4.79 Å². The molecule has 1 atom stereocenters. The van der Waals surface area contributed by atoms with Gasteiger partial charge < -0.3 is 9.73 Å². The number of hydrogen-bond donors (Lipinski definition) is 1. The van der Waals surface area contributed by atoms with Crippen LogP contribution in [0.3, 0.4) is 0 Å². The lowest BCUT2D eigenvalue weighted by Crippen LogP contribution is -2.30. The Morgan fingerprint density at radius 2 is 1.81 bits per heavy atom.